The van der Waals surface area contributed by atoms with Crippen molar-refractivity contribution in [1.29, 1.82) is 0 Å². The first-order valence-corrected chi connectivity index (χ1v) is 9.77. The maximum Gasteiger partial charge on any atom is 0.159 e. The predicted molar refractivity (Wildman–Crippen MR) is 106 cm³/mol. The average molecular weight is 354 g/mol. The molecule has 0 fully saturated rings. The van der Waals surface area contributed by atoms with Crippen LogP contribution in [0, 0.1) is 0 Å². The number of unbranched alkanes of at least 4 members (excludes halogenated alkanes) is 7. The van der Waals surface area contributed by atoms with E-state index in [9.17, 15) is 4.79 Å². The molecule has 4 heteroatoms. The Morgan fingerprint density at radius 2 is 1.46 bits per heavy atom. The van der Waals surface area contributed by atoms with Crippen molar-refractivity contribution in [2.24, 2.45) is 0 Å². The van der Waals surface area contributed by atoms with Gasteiger partial charge < -0.3 is 4.74 Å². The number of hydrogen-bond acceptors (Lipinski definition) is 4. The Kier molecular flexibility index (Phi) is 8.81. The summed E-state index contributed by atoms with van der Waals surface area (Å²) < 4.78 is 5.72. The highest BCUT2D eigenvalue weighted by molar-refractivity contribution is 5.94. The fraction of sp³-hybridized carbons (Fsp3) is 0.500. The number of hydrogen-bond donors (Lipinski definition) is 0. The van der Waals surface area contributed by atoms with Crippen LogP contribution in [0.25, 0.3) is 11.4 Å². The third-order valence-corrected chi connectivity index (χ3v) is 4.44. The quantitative estimate of drug-likeness (QED) is 0.353. The Morgan fingerprint density at radius 1 is 0.885 bits per heavy atom. The molecule has 0 aliphatic carbocycles. The van der Waals surface area contributed by atoms with Crippen molar-refractivity contribution in [3.63, 3.8) is 0 Å². The SMILES string of the molecule is CCCCCCCCCCOc1cnc(-c2ccc(C(C)=O)cc2)nc1. The van der Waals surface area contributed by atoms with Crippen molar-refractivity contribution >= 4 is 5.78 Å². The molecule has 0 spiro atoms. The molecule has 0 N–H and O–H groups in total. The topological polar surface area (TPSA) is 52.1 Å². The van der Waals surface area contributed by atoms with E-state index in [1.54, 1.807) is 31.5 Å². The highest BCUT2D eigenvalue weighted by Gasteiger charge is 2.04. The summed E-state index contributed by atoms with van der Waals surface area (Å²) in [4.78, 5) is 20.0. The molecule has 140 valence electrons. The Bertz CT molecular complexity index is 651. The number of ether oxygens (including phenoxy) is 1. The number of aromatic nitrogens is 2. The zero-order valence-electron chi connectivity index (χ0n) is 16.0. The van der Waals surface area contributed by atoms with Crippen molar-refractivity contribution in [2.45, 2.75) is 65.2 Å². The third-order valence-electron chi connectivity index (χ3n) is 4.44. The van der Waals surface area contributed by atoms with Crippen LogP contribution < -0.4 is 4.74 Å². The van der Waals surface area contributed by atoms with Crippen LogP contribution in [0.3, 0.4) is 0 Å². The zero-order valence-corrected chi connectivity index (χ0v) is 16.0. The van der Waals surface area contributed by atoms with E-state index in [-0.39, 0.29) is 5.78 Å². The first kappa shape index (κ1) is 20.1. The van der Waals surface area contributed by atoms with E-state index in [0.717, 1.165) is 12.0 Å². The number of rotatable bonds is 12. The second kappa shape index (κ2) is 11.4. The number of ketones is 1. The van der Waals surface area contributed by atoms with E-state index in [1.165, 1.54) is 44.9 Å². The second-order valence-electron chi connectivity index (χ2n) is 6.70. The van der Waals surface area contributed by atoms with Gasteiger partial charge in [0.15, 0.2) is 17.4 Å². The van der Waals surface area contributed by atoms with Gasteiger partial charge >= 0.3 is 0 Å². The van der Waals surface area contributed by atoms with Crippen LogP contribution in [0.1, 0.15) is 75.6 Å². The van der Waals surface area contributed by atoms with Crippen LogP contribution in [0.15, 0.2) is 36.7 Å². The molecule has 1 heterocycles. The highest BCUT2D eigenvalue weighted by atomic mass is 16.5. The molecule has 0 unspecified atom stereocenters. The van der Waals surface area contributed by atoms with Gasteiger partial charge in [-0.1, -0.05) is 76.1 Å². The highest BCUT2D eigenvalue weighted by Crippen LogP contribution is 2.18. The number of carbonyl (C=O) groups excluding carboxylic acids is 1. The molecule has 1 aromatic carbocycles. The first-order chi connectivity index (χ1) is 12.7. The minimum atomic E-state index is 0.0576. The van der Waals surface area contributed by atoms with Crippen LogP contribution in [-0.2, 0) is 0 Å². The molecular weight excluding hydrogens is 324 g/mol. The standard InChI is InChI=1S/C22H30N2O2/c1-3-4-5-6-7-8-9-10-15-26-21-16-23-22(24-17-21)20-13-11-19(12-14-20)18(2)25/h11-14,16-17H,3-10,15H2,1-2H3. The van der Waals surface area contributed by atoms with Gasteiger partial charge in [0, 0.05) is 11.1 Å². The summed E-state index contributed by atoms with van der Waals surface area (Å²) >= 11 is 0. The van der Waals surface area contributed by atoms with Crippen LogP contribution in [0.5, 0.6) is 5.75 Å². The van der Waals surface area contributed by atoms with E-state index in [4.69, 9.17) is 4.74 Å². The molecule has 0 atom stereocenters. The van der Waals surface area contributed by atoms with E-state index < -0.39 is 0 Å². The summed E-state index contributed by atoms with van der Waals surface area (Å²) in [6, 6.07) is 7.33. The van der Waals surface area contributed by atoms with E-state index in [2.05, 4.69) is 16.9 Å². The van der Waals surface area contributed by atoms with Crippen molar-refractivity contribution < 1.29 is 9.53 Å². The average Bonchev–Trinajstić information content (AvgIpc) is 2.67. The van der Waals surface area contributed by atoms with Crippen molar-refractivity contribution in [3.8, 4) is 17.1 Å². The number of Topliss-reactive ketones (excluding diaryl/α,β-unsaturated/α-hetero) is 1. The van der Waals surface area contributed by atoms with E-state index >= 15 is 0 Å². The van der Waals surface area contributed by atoms with Crippen LogP contribution in [-0.4, -0.2) is 22.4 Å². The monoisotopic (exact) mass is 354 g/mol. The second-order valence-corrected chi connectivity index (χ2v) is 6.70. The smallest absolute Gasteiger partial charge is 0.159 e. The number of benzene rings is 1. The van der Waals surface area contributed by atoms with Crippen LogP contribution in [0.2, 0.25) is 0 Å². The van der Waals surface area contributed by atoms with E-state index in [1.807, 2.05) is 12.1 Å². The summed E-state index contributed by atoms with van der Waals surface area (Å²) in [5.41, 5.74) is 1.59. The lowest BCUT2D eigenvalue weighted by Crippen LogP contribution is -1.99. The van der Waals surface area contributed by atoms with Gasteiger partial charge in [-0.05, 0) is 13.3 Å². The minimum Gasteiger partial charge on any atom is -0.490 e. The fourth-order valence-corrected chi connectivity index (χ4v) is 2.82. The summed E-state index contributed by atoms with van der Waals surface area (Å²) in [5, 5.41) is 0. The molecular formula is C22H30N2O2. The van der Waals surface area contributed by atoms with Gasteiger partial charge in [0.05, 0.1) is 19.0 Å². The molecule has 0 aliphatic rings. The Morgan fingerprint density at radius 3 is 2.04 bits per heavy atom. The van der Waals surface area contributed by atoms with E-state index in [0.29, 0.717) is 23.7 Å². The first-order valence-electron chi connectivity index (χ1n) is 9.77. The summed E-state index contributed by atoms with van der Waals surface area (Å²) in [5.74, 6) is 1.40. The van der Waals surface area contributed by atoms with Gasteiger partial charge in [0.25, 0.3) is 0 Å². The molecule has 0 saturated carbocycles. The molecule has 0 radical (unpaired) electrons. The van der Waals surface area contributed by atoms with Crippen molar-refractivity contribution in [3.05, 3.63) is 42.2 Å². The molecule has 26 heavy (non-hydrogen) atoms. The normalized spacial score (nSPS) is 10.7. The fourth-order valence-electron chi connectivity index (χ4n) is 2.82. The summed E-state index contributed by atoms with van der Waals surface area (Å²) in [6.07, 6.45) is 13.7. The van der Waals surface area contributed by atoms with Gasteiger partial charge in [0.1, 0.15) is 0 Å². The van der Waals surface area contributed by atoms with Gasteiger partial charge in [-0.3, -0.25) is 4.79 Å². The maximum absolute atomic E-state index is 11.3. The third kappa shape index (κ3) is 6.95. The molecule has 2 rings (SSSR count). The molecule has 2 aromatic rings. The van der Waals surface area contributed by atoms with Gasteiger partial charge in [0.2, 0.25) is 0 Å². The lowest BCUT2D eigenvalue weighted by atomic mass is 10.1. The Labute approximate surface area is 157 Å². The maximum atomic E-state index is 11.3. The largest absolute Gasteiger partial charge is 0.490 e. The number of nitrogens with zero attached hydrogens (tertiary/aromatic N) is 2. The Balaban J connectivity index is 1.68. The summed E-state index contributed by atoms with van der Waals surface area (Å²) in [7, 11) is 0. The molecule has 0 bridgehead atoms. The van der Waals surface area contributed by atoms with Crippen molar-refractivity contribution in [1.82, 2.24) is 9.97 Å². The van der Waals surface area contributed by atoms with Gasteiger partial charge in [-0.15, -0.1) is 0 Å². The van der Waals surface area contributed by atoms with Crippen LogP contribution >= 0.6 is 0 Å². The Hall–Kier alpha value is -2.23. The predicted octanol–water partition coefficient (Wildman–Crippen LogP) is 5.87. The van der Waals surface area contributed by atoms with Crippen molar-refractivity contribution in [2.75, 3.05) is 6.61 Å². The van der Waals surface area contributed by atoms with Gasteiger partial charge in [-0.25, -0.2) is 9.97 Å². The lowest BCUT2D eigenvalue weighted by Gasteiger charge is -2.06. The van der Waals surface area contributed by atoms with Crippen LogP contribution in [0.4, 0.5) is 0 Å². The van der Waals surface area contributed by atoms with Gasteiger partial charge in [-0.2, -0.15) is 0 Å². The zero-order chi connectivity index (χ0) is 18.6. The molecule has 0 amide bonds. The molecule has 1 aromatic heterocycles. The molecule has 0 aliphatic heterocycles. The lowest BCUT2D eigenvalue weighted by molar-refractivity contribution is 0.101. The molecule has 0 saturated heterocycles. The number of carbonyl (C=O) groups is 1. The minimum absolute atomic E-state index is 0.0576. The molecule has 4 nitrogen and oxygen atoms in total. The summed E-state index contributed by atoms with van der Waals surface area (Å²) in [6.45, 7) is 4.52.